The number of nitrogens with zero attached hydrogens (tertiary/aromatic N) is 1. The highest BCUT2D eigenvalue weighted by atomic mass is 16.4. The van der Waals surface area contributed by atoms with Crippen LogP contribution < -0.4 is 5.32 Å². The first kappa shape index (κ1) is 12.3. The molecule has 1 aliphatic rings. The summed E-state index contributed by atoms with van der Waals surface area (Å²) in [6, 6.07) is 1.28. The van der Waals surface area contributed by atoms with Crippen molar-refractivity contribution in [1.82, 2.24) is 10.3 Å². The second-order valence-electron chi connectivity index (χ2n) is 4.41. The summed E-state index contributed by atoms with van der Waals surface area (Å²) in [7, 11) is 0. The fourth-order valence-corrected chi connectivity index (χ4v) is 2.18. The van der Waals surface area contributed by atoms with E-state index >= 15 is 0 Å². The molecule has 6 heteroatoms. The van der Waals surface area contributed by atoms with Crippen LogP contribution in [0.15, 0.2) is 18.5 Å². The van der Waals surface area contributed by atoms with Crippen molar-refractivity contribution in [2.75, 3.05) is 0 Å². The van der Waals surface area contributed by atoms with Crippen LogP contribution in [0.3, 0.4) is 0 Å². The van der Waals surface area contributed by atoms with E-state index in [1.165, 1.54) is 18.5 Å². The average molecular weight is 250 g/mol. The van der Waals surface area contributed by atoms with E-state index in [1.54, 1.807) is 0 Å². The summed E-state index contributed by atoms with van der Waals surface area (Å²) in [4.78, 5) is 26.3. The maximum Gasteiger partial charge on any atom is 0.306 e. The molecule has 2 atom stereocenters. The first-order valence-corrected chi connectivity index (χ1v) is 5.74. The molecule has 1 fully saturated rings. The van der Waals surface area contributed by atoms with E-state index in [4.69, 9.17) is 5.11 Å². The van der Waals surface area contributed by atoms with Crippen LogP contribution in [-0.2, 0) is 4.79 Å². The summed E-state index contributed by atoms with van der Waals surface area (Å²) >= 11 is 0. The normalized spacial score (nSPS) is 22.7. The number of aromatic nitrogens is 1. The lowest BCUT2D eigenvalue weighted by Crippen LogP contribution is -2.33. The molecule has 96 valence electrons. The van der Waals surface area contributed by atoms with Crippen LogP contribution in [0.5, 0.6) is 5.75 Å². The molecule has 1 heterocycles. The Morgan fingerprint density at radius 3 is 2.78 bits per heavy atom. The van der Waals surface area contributed by atoms with Crippen molar-refractivity contribution in [3.8, 4) is 5.75 Å². The Morgan fingerprint density at radius 2 is 2.17 bits per heavy atom. The molecule has 1 aliphatic carbocycles. The summed E-state index contributed by atoms with van der Waals surface area (Å²) in [5.74, 6) is -1.78. The SMILES string of the molecule is O=C(NC1CCC(C(=O)O)C1)c1ccncc1O. The molecule has 2 unspecified atom stereocenters. The molecule has 1 aromatic heterocycles. The van der Waals surface area contributed by atoms with Crippen LogP contribution in [0.4, 0.5) is 0 Å². The second-order valence-corrected chi connectivity index (χ2v) is 4.41. The van der Waals surface area contributed by atoms with E-state index in [1.807, 2.05) is 0 Å². The number of pyridine rings is 1. The average Bonchev–Trinajstić information content (AvgIpc) is 2.78. The molecule has 6 nitrogen and oxygen atoms in total. The number of hydrogen-bond donors (Lipinski definition) is 3. The molecule has 2 rings (SSSR count). The quantitative estimate of drug-likeness (QED) is 0.735. The van der Waals surface area contributed by atoms with Gasteiger partial charge in [0.1, 0.15) is 5.75 Å². The Bertz CT molecular complexity index is 475. The fourth-order valence-electron chi connectivity index (χ4n) is 2.18. The second kappa shape index (κ2) is 5.03. The van der Waals surface area contributed by atoms with Crippen molar-refractivity contribution in [3.05, 3.63) is 24.0 Å². The van der Waals surface area contributed by atoms with Gasteiger partial charge in [-0.2, -0.15) is 0 Å². The molecule has 1 aromatic rings. The predicted molar refractivity (Wildman–Crippen MR) is 62.1 cm³/mol. The zero-order valence-electron chi connectivity index (χ0n) is 9.67. The number of rotatable bonds is 3. The molecule has 0 radical (unpaired) electrons. The van der Waals surface area contributed by atoms with Crippen LogP contribution in [0.2, 0.25) is 0 Å². The van der Waals surface area contributed by atoms with Gasteiger partial charge in [0, 0.05) is 12.2 Å². The largest absolute Gasteiger partial charge is 0.505 e. The molecule has 0 saturated heterocycles. The number of nitrogens with one attached hydrogen (secondary N) is 1. The smallest absolute Gasteiger partial charge is 0.306 e. The van der Waals surface area contributed by atoms with Crippen molar-refractivity contribution in [2.45, 2.75) is 25.3 Å². The first-order valence-electron chi connectivity index (χ1n) is 5.74. The number of amides is 1. The van der Waals surface area contributed by atoms with Gasteiger partial charge in [-0.1, -0.05) is 0 Å². The number of aromatic hydroxyl groups is 1. The summed E-state index contributed by atoms with van der Waals surface area (Å²) in [5.41, 5.74) is 0.156. The van der Waals surface area contributed by atoms with Crippen molar-refractivity contribution in [2.24, 2.45) is 5.92 Å². The minimum atomic E-state index is -0.821. The van der Waals surface area contributed by atoms with Crippen molar-refractivity contribution < 1.29 is 19.8 Å². The summed E-state index contributed by atoms with van der Waals surface area (Å²) in [6.07, 6.45) is 4.27. The van der Waals surface area contributed by atoms with E-state index in [9.17, 15) is 14.7 Å². The van der Waals surface area contributed by atoms with Crippen LogP contribution in [0.1, 0.15) is 29.6 Å². The van der Waals surface area contributed by atoms with Crippen molar-refractivity contribution in [3.63, 3.8) is 0 Å². The molecule has 1 amide bonds. The topological polar surface area (TPSA) is 99.5 Å². The van der Waals surface area contributed by atoms with Gasteiger partial charge in [-0.15, -0.1) is 0 Å². The van der Waals surface area contributed by atoms with Gasteiger partial charge in [-0.05, 0) is 25.3 Å². The van der Waals surface area contributed by atoms with Gasteiger partial charge in [0.05, 0.1) is 17.7 Å². The van der Waals surface area contributed by atoms with E-state index < -0.39 is 11.9 Å². The maximum atomic E-state index is 11.9. The number of aliphatic carboxylic acids is 1. The highest BCUT2D eigenvalue weighted by Gasteiger charge is 2.30. The van der Waals surface area contributed by atoms with Gasteiger partial charge >= 0.3 is 5.97 Å². The minimum absolute atomic E-state index is 0.147. The molecular weight excluding hydrogens is 236 g/mol. The lowest BCUT2D eigenvalue weighted by atomic mass is 10.1. The molecule has 18 heavy (non-hydrogen) atoms. The summed E-state index contributed by atoms with van der Waals surface area (Å²) in [5, 5.41) is 21.1. The standard InChI is InChI=1S/C12H14N2O4/c15-10-6-13-4-3-9(10)11(16)14-8-2-1-7(5-8)12(17)18/h3-4,6-8,15H,1-2,5H2,(H,14,16)(H,17,18). The number of carbonyl (C=O) groups is 2. The van der Waals surface area contributed by atoms with Crippen LogP contribution in [-0.4, -0.2) is 33.1 Å². The Morgan fingerprint density at radius 1 is 1.39 bits per heavy atom. The predicted octanol–water partition coefficient (Wildman–Crippen LogP) is 0.770. The zero-order chi connectivity index (χ0) is 13.1. The van der Waals surface area contributed by atoms with E-state index in [-0.39, 0.29) is 23.3 Å². The molecule has 3 N–H and O–H groups in total. The fraction of sp³-hybridized carbons (Fsp3) is 0.417. The van der Waals surface area contributed by atoms with Gasteiger partial charge in [0.2, 0.25) is 0 Å². The molecule has 0 spiro atoms. The Labute approximate surface area is 104 Å². The zero-order valence-corrected chi connectivity index (χ0v) is 9.67. The highest BCUT2D eigenvalue weighted by Crippen LogP contribution is 2.26. The van der Waals surface area contributed by atoms with E-state index in [0.717, 1.165) is 0 Å². The number of carbonyl (C=O) groups excluding carboxylic acids is 1. The number of hydrogen-bond acceptors (Lipinski definition) is 4. The monoisotopic (exact) mass is 250 g/mol. The van der Waals surface area contributed by atoms with Crippen LogP contribution >= 0.6 is 0 Å². The minimum Gasteiger partial charge on any atom is -0.505 e. The first-order chi connectivity index (χ1) is 8.58. The lowest BCUT2D eigenvalue weighted by Gasteiger charge is -2.12. The van der Waals surface area contributed by atoms with Gasteiger partial charge in [0.25, 0.3) is 5.91 Å². The van der Waals surface area contributed by atoms with E-state index in [2.05, 4.69) is 10.3 Å². The Balaban J connectivity index is 1.97. The Kier molecular flexibility index (Phi) is 3.45. The third-order valence-electron chi connectivity index (χ3n) is 3.16. The molecule has 0 bridgehead atoms. The Hall–Kier alpha value is -2.11. The van der Waals surface area contributed by atoms with Crippen LogP contribution in [0.25, 0.3) is 0 Å². The lowest BCUT2D eigenvalue weighted by molar-refractivity contribution is -0.141. The summed E-state index contributed by atoms with van der Waals surface area (Å²) < 4.78 is 0. The van der Waals surface area contributed by atoms with Gasteiger partial charge in [-0.25, -0.2) is 0 Å². The number of carboxylic acids is 1. The maximum absolute atomic E-state index is 11.9. The third-order valence-corrected chi connectivity index (χ3v) is 3.16. The van der Waals surface area contributed by atoms with Crippen LogP contribution in [0, 0.1) is 5.92 Å². The molecule has 0 aliphatic heterocycles. The highest BCUT2D eigenvalue weighted by molar-refractivity contribution is 5.96. The molecule has 0 aromatic carbocycles. The van der Waals surface area contributed by atoms with Gasteiger partial charge in [-0.3, -0.25) is 14.6 Å². The molecule has 1 saturated carbocycles. The van der Waals surface area contributed by atoms with Gasteiger partial charge < -0.3 is 15.5 Å². The van der Waals surface area contributed by atoms with Crippen molar-refractivity contribution in [1.29, 1.82) is 0 Å². The van der Waals surface area contributed by atoms with Gasteiger partial charge in [0.15, 0.2) is 0 Å². The van der Waals surface area contributed by atoms with Crippen molar-refractivity contribution >= 4 is 11.9 Å². The van der Waals surface area contributed by atoms with E-state index in [0.29, 0.717) is 19.3 Å². The third kappa shape index (κ3) is 2.58. The number of carboxylic acid groups (broad SMARTS) is 1. The summed E-state index contributed by atoms with van der Waals surface area (Å²) in [6.45, 7) is 0. The molecular formula is C12H14N2O4.